The number of aryl methyl sites for hydroxylation is 2. The van der Waals surface area contributed by atoms with E-state index in [-0.39, 0.29) is 5.82 Å². The number of para-hydroxylation sites is 1. The maximum absolute atomic E-state index is 13.9. The number of halogens is 1. The van der Waals surface area contributed by atoms with Gasteiger partial charge in [-0.25, -0.2) is 4.39 Å². The molecule has 0 aliphatic heterocycles. The lowest BCUT2D eigenvalue weighted by atomic mass is 10.1. The summed E-state index contributed by atoms with van der Waals surface area (Å²) in [6.07, 6.45) is 0. The van der Waals surface area contributed by atoms with Crippen LogP contribution in [0.5, 0.6) is 11.5 Å². The van der Waals surface area contributed by atoms with E-state index in [9.17, 15) is 4.39 Å². The molecule has 2 aromatic rings. The van der Waals surface area contributed by atoms with Crippen molar-refractivity contribution in [2.75, 3.05) is 7.05 Å². The molecular formula is C16H18FNO. The molecular weight excluding hydrogens is 241 g/mol. The summed E-state index contributed by atoms with van der Waals surface area (Å²) in [5, 5.41) is 3.01. The van der Waals surface area contributed by atoms with Crippen molar-refractivity contribution in [2.45, 2.75) is 20.4 Å². The van der Waals surface area contributed by atoms with Crippen LogP contribution in [0.3, 0.4) is 0 Å². The van der Waals surface area contributed by atoms with Gasteiger partial charge in [-0.05, 0) is 50.2 Å². The smallest absolute Gasteiger partial charge is 0.167 e. The Kier molecular flexibility index (Phi) is 4.17. The highest BCUT2D eigenvalue weighted by Gasteiger charge is 2.10. The van der Waals surface area contributed by atoms with Gasteiger partial charge in [0.15, 0.2) is 11.6 Å². The number of hydrogen-bond acceptors (Lipinski definition) is 2. The van der Waals surface area contributed by atoms with E-state index in [0.29, 0.717) is 18.0 Å². The normalized spacial score (nSPS) is 10.5. The summed E-state index contributed by atoms with van der Waals surface area (Å²) in [6.45, 7) is 4.62. The largest absolute Gasteiger partial charge is 0.454 e. The van der Waals surface area contributed by atoms with E-state index in [4.69, 9.17) is 4.74 Å². The summed E-state index contributed by atoms with van der Waals surface area (Å²) < 4.78 is 19.6. The van der Waals surface area contributed by atoms with Gasteiger partial charge in [-0.2, -0.15) is 0 Å². The molecule has 2 nitrogen and oxygen atoms in total. The third-order valence-electron chi connectivity index (χ3n) is 3.11. The van der Waals surface area contributed by atoms with Crippen LogP contribution in [0.2, 0.25) is 0 Å². The molecule has 2 rings (SSSR count). The third kappa shape index (κ3) is 3.12. The Bertz CT molecular complexity index is 581. The second-order valence-corrected chi connectivity index (χ2v) is 4.61. The van der Waals surface area contributed by atoms with Crippen LogP contribution in [0.1, 0.15) is 16.7 Å². The van der Waals surface area contributed by atoms with E-state index >= 15 is 0 Å². The van der Waals surface area contributed by atoms with E-state index in [1.807, 2.05) is 45.2 Å². The monoisotopic (exact) mass is 259 g/mol. The lowest BCUT2D eigenvalue weighted by Gasteiger charge is -2.13. The van der Waals surface area contributed by atoms with Crippen LogP contribution < -0.4 is 10.1 Å². The molecule has 0 fully saturated rings. The van der Waals surface area contributed by atoms with Crippen LogP contribution in [-0.4, -0.2) is 7.05 Å². The minimum absolute atomic E-state index is 0.292. The van der Waals surface area contributed by atoms with Crippen molar-refractivity contribution < 1.29 is 9.13 Å². The summed E-state index contributed by atoms with van der Waals surface area (Å²) in [4.78, 5) is 0. The zero-order valence-corrected chi connectivity index (χ0v) is 11.5. The number of hydrogen-bond donors (Lipinski definition) is 1. The second-order valence-electron chi connectivity index (χ2n) is 4.61. The molecule has 2 aromatic carbocycles. The first-order valence-corrected chi connectivity index (χ1v) is 6.29. The maximum Gasteiger partial charge on any atom is 0.167 e. The molecule has 1 N–H and O–H groups in total. The van der Waals surface area contributed by atoms with Gasteiger partial charge in [-0.3, -0.25) is 0 Å². The highest BCUT2D eigenvalue weighted by atomic mass is 19.1. The van der Waals surface area contributed by atoms with E-state index in [1.54, 1.807) is 6.07 Å². The summed E-state index contributed by atoms with van der Waals surface area (Å²) in [7, 11) is 1.82. The first kappa shape index (κ1) is 13.6. The number of ether oxygens (including phenoxy) is 1. The molecule has 0 heterocycles. The minimum atomic E-state index is -0.342. The van der Waals surface area contributed by atoms with Crippen LogP contribution in [0.25, 0.3) is 0 Å². The van der Waals surface area contributed by atoms with Gasteiger partial charge in [0.25, 0.3) is 0 Å². The van der Waals surface area contributed by atoms with E-state index in [0.717, 1.165) is 11.1 Å². The van der Waals surface area contributed by atoms with Crippen molar-refractivity contribution in [1.82, 2.24) is 5.32 Å². The molecule has 0 bridgehead atoms. The van der Waals surface area contributed by atoms with Crippen LogP contribution in [0, 0.1) is 19.7 Å². The number of benzene rings is 2. The highest BCUT2D eigenvalue weighted by molar-refractivity contribution is 5.41. The van der Waals surface area contributed by atoms with Gasteiger partial charge in [0.1, 0.15) is 5.75 Å². The van der Waals surface area contributed by atoms with E-state index < -0.39 is 0 Å². The van der Waals surface area contributed by atoms with E-state index in [2.05, 4.69) is 5.32 Å². The summed E-state index contributed by atoms with van der Waals surface area (Å²) in [6, 6.07) is 10.7. The Balaban J connectivity index is 2.34. The molecule has 0 saturated carbocycles. The molecule has 0 spiro atoms. The van der Waals surface area contributed by atoms with Gasteiger partial charge >= 0.3 is 0 Å². The number of nitrogens with one attached hydrogen (secondary N) is 1. The fraction of sp³-hybridized carbons (Fsp3) is 0.250. The molecule has 3 heteroatoms. The van der Waals surface area contributed by atoms with Crippen LogP contribution in [0.15, 0.2) is 36.4 Å². The van der Waals surface area contributed by atoms with Crippen molar-refractivity contribution in [3.05, 3.63) is 58.9 Å². The standard InChI is InChI=1S/C16H18FNO/c1-11-7-8-14(9-12(11)2)19-16-13(10-18-3)5-4-6-15(16)17/h4-9,18H,10H2,1-3H3. The molecule has 0 atom stereocenters. The predicted molar refractivity (Wildman–Crippen MR) is 75.2 cm³/mol. The Morgan fingerprint density at radius 2 is 1.89 bits per heavy atom. The van der Waals surface area contributed by atoms with Gasteiger partial charge in [-0.1, -0.05) is 18.2 Å². The fourth-order valence-corrected chi connectivity index (χ4v) is 1.89. The van der Waals surface area contributed by atoms with E-state index in [1.165, 1.54) is 11.6 Å². The molecule has 19 heavy (non-hydrogen) atoms. The van der Waals surface area contributed by atoms with Crippen molar-refractivity contribution in [3.8, 4) is 11.5 Å². The van der Waals surface area contributed by atoms with Crippen molar-refractivity contribution in [1.29, 1.82) is 0 Å². The molecule has 0 aliphatic rings. The zero-order valence-electron chi connectivity index (χ0n) is 11.5. The lowest BCUT2D eigenvalue weighted by molar-refractivity contribution is 0.434. The van der Waals surface area contributed by atoms with Crippen LogP contribution in [0.4, 0.5) is 4.39 Å². The first-order chi connectivity index (χ1) is 9.11. The molecule has 0 saturated heterocycles. The minimum Gasteiger partial charge on any atom is -0.454 e. The summed E-state index contributed by atoms with van der Waals surface area (Å²) in [5.74, 6) is 0.608. The van der Waals surface area contributed by atoms with Crippen molar-refractivity contribution >= 4 is 0 Å². The Hall–Kier alpha value is -1.87. The molecule has 0 amide bonds. The van der Waals surface area contributed by atoms with Gasteiger partial charge in [0, 0.05) is 12.1 Å². The molecule has 0 aliphatic carbocycles. The Morgan fingerprint density at radius 3 is 2.58 bits per heavy atom. The maximum atomic E-state index is 13.9. The topological polar surface area (TPSA) is 21.3 Å². The summed E-state index contributed by atoms with van der Waals surface area (Å²) >= 11 is 0. The highest BCUT2D eigenvalue weighted by Crippen LogP contribution is 2.29. The van der Waals surface area contributed by atoms with Gasteiger partial charge in [-0.15, -0.1) is 0 Å². The van der Waals surface area contributed by atoms with Crippen molar-refractivity contribution in [3.63, 3.8) is 0 Å². The number of rotatable bonds is 4. The average molecular weight is 259 g/mol. The Labute approximate surface area is 113 Å². The van der Waals surface area contributed by atoms with Gasteiger partial charge < -0.3 is 10.1 Å². The second kappa shape index (κ2) is 5.85. The SMILES string of the molecule is CNCc1cccc(F)c1Oc1ccc(C)c(C)c1. The third-order valence-corrected chi connectivity index (χ3v) is 3.11. The molecule has 0 unspecified atom stereocenters. The summed E-state index contributed by atoms with van der Waals surface area (Å²) in [5.41, 5.74) is 3.13. The van der Waals surface area contributed by atoms with Crippen molar-refractivity contribution in [2.24, 2.45) is 0 Å². The van der Waals surface area contributed by atoms with Gasteiger partial charge in [0.05, 0.1) is 0 Å². The fourth-order valence-electron chi connectivity index (χ4n) is 1.89. The first-order valence-electron chi connectivity index (χ1n) is 6.29. The predicted octanol–water partition coefficient (Wildman–Crippen LogP) is 3.95. The van der Waals surface area contributed by atoms with Crippen LogP contribution >= 0.6 is 0 Å². The molecule has 0 radical (unpaired) electrons. The zero-order chi connectivity index (χ0) is 13.8. The average Bonchev–Trinajstić information content (AvgIpc) is 2.38. The lowest BCUT2D eigenvalue weighted by Crippen LogP contribution is -2.07. The van der Waals surface area contributed by atoms with Crippen LogP contribution in [-0.2, 0) is 6.54 Å². The van der Waals surface area contributed by atoms with Gasteiger partial charge in [0.2, 0.25) is 0 Å². The molecule has 100 valence electrons. The molecule has 0 aromatic heterocycles. The Morgan fingerprint density at radius 1 is 1.11 bits per heavy atom. The quantitative estimate of drug-likeness (QED) is 0.897.